The number of benzene rings is 1. The Hall–Kier alpha value is -2.80. The fourth-order valence-electron chi connectivity index (χ4n) is 3.31. The Morgan fingerprint density at radius 3 is 2.67 bits per heavy atom. The average molecular weight is 529 g/mol. The lowest BCUT2D eigenvalue weighted by Gasteiger charge is -2.27. The van der Waals surface area contributed by atoms with E-state index in [1.807, 2.05) is 4.98 Å². The number of aromatic amines is 1. The number of hydrogen-bond acceptors (Lipinski definition) is 10. The van der Waals surface area contributed by atoms with Crippen molar-refractivity contribution in [2.45, 2.75) is 63.9 Å². The second-order valence-corrected chi connectivity index (χ2v) is 10.2. The first-order valence-electron chi connectivity index (χ1n) is 12.0. The maximum Gasteiger partial charge on any atom is 0.459 e. The summed E-state index contributed by atoms with van der Waals surface area (Å²) in [7, 11) is -4.54. The van der Waals surface area contributed by atoms with Crippen LogP contribution >= 0.6 is 7.75 Å². The molecular weight excluding hydrogens is 497 g/mol. The number of hydrogen-bond donors (Lipinski definition) is 4. The number of rotatable bonds is 10. The van der Waals surface area contributed by atoms with Gasteiger partial charge < -0.3 is 24.2 Å². The van der Waals surface area contributed by atoms with Crippen LogP contribution in [0.3, 0.4) is 0 Å². The predicted octanol–water partition coefficient (Wildman–Crippen LogP) is 0.679. The van der Waals surface area contributed by atoms with Gasteiger partial charge in [-0.2, -0.15) is 5.09 Å². The number of aliphatic hydroxyl groups is 2. The lowest BCUT2D eigenvalue weighted by molar-refractivity contribution is -0.149. The molecule has 1 saturated heterocycles. The second-order valence-electron chi connectivity index (χ2n) is 8.54. The van der Waals surface area contributed by atoms with Gasteiger partial charge in [0, 0.05) is 12.2 Å². The minimum absolute atomic E-state index is 0.0699. The fraction of sp³-hybridized carbons (Fsp3) is 0.500. The third-order valence-corrected chi connectivity index (χ3v) is 6.65. The van der Waals surface area contributed by atoms with Crippen LogP contribution in [0.4, 0.5) is 0 Å². The minimum atomic E-state index is -4.54. The van der Waals surface area contributed by atoms with E-state index in [0.29, 0.717) is 4.57 Å². The molecule has 2 heterocycles. The average Bonchev–Trinajstić information content (AvgIpc) is 3.05. The Bertz CT molecular complexity index is 1300. The first-order chi connectivity index (χ1) is 17.6. The summed E-state index contributed by atoms with van der Waals surface area (Å²) in [4.78, 5) is 38.1. The van der Waals surface area contributed by atoms with Crippen LogP contribution in [0.1, 0.15) is 36.7 Å². The van der Waals surface area contributed by atoms with Gasteiger partial charge in [-0.3, -0.25) is 23.7 Å². The van der Waals surface area contributed by atoms with Gasteiger partial charge in [0.2, 0.25) is 0 Å². The molecule has 1 aliphatic rings. The zero-order chi connectivity index (χ0) is 28.4. The summed E-state index contributed by atoms with van der Waals surface area (Å²) in [6.45, 7) is 3.71. The molecular formula is C22H30N3O10P. The largest absolute Gasteiger partial charge is 0.462 e. The highest BCUT2D eigenvalue weighted by Gasteiger charge is 2.54. The minimum Gasteiger partial charge on any atom is -0.462 e. The molecule has 2 aromatic rings. The highest BCUT2D eigenvalue weighted by Crippen LogP contribution is 2.46. The summed E-state index contributed by atoms with van der Waals surface area (Å²) < 4.78 is 52.0. The number of aromatic nitrogens is 2. The summed E-state index contributed by atoms with van der Waals surface area (Å²) >= 11 is 0. The highest BCUT2D eigenvalue weighted by molar-refractivity contribution is 7.52. The van der Waals surface area contributed by atoms with Crippen LogP contribution in [0.5, 0.6) is 5.75 Å². The van der Waals surface area contributed by atoms with Crippen LogP contribution in [-0.4, -0.2) is 62.3 Å². The topological polar surface area (TPSA) is 178 Å². The summed E-state index contributed by atoms with van der Waals surface area (Å²) in [5, 5.41) is 24.1. The Morgan fingerprint density at radius 2 is 2.03 bits per heavy atom. The van der Waals surface area contributed by atoms with E-state index in [1.165, 1.54) is 19.1 Å². The van der Waals surface area contributed by atoms with E-state index >= 15 is 0 Å². The van der Waals surface area contributed by atoms with Crippen molar-refractivity contribution in [2.75, 3.05) is 6.58 Å². The van der Waals surface area contributed by atoms with Crippen molar-refractivity contribution >= 4 is 13.7 Å². The van der Waals surface area contributed by atoms with Gasteiger partial charge in [-0.05, 0) is 39.8 Å². The quantitative estimate of drug-likeness (QED) is 0.251. The number of aliphatic hydroxyl groups excluding tert-OH is 1. The molecule has 0 spiro atoms. The lowest BCUT2D eigenvalue weighted by atomic mass is 9.96. The molecule has 1 aromatic carbocycles. The van der Waals surface area contributed by atoms with Gasteiger partial charge in [0.25, 0.3) is 5.56 Å². The molecule has 0 aliphatic carbocycles. The fourth-order valence-corrected chi connectivity index (χ4v) is 4.73. The monoisotopic (exact) mass is 529 g/mol. The van der Waals surface area contributed by atoms with Crippen LogP contribution in [0.15, 0.2) is 52.2 Å². The van der Waals surface area contributed by atoms with Crippen LogP contribution in [0.25, 0.3) is 0 Å². The number of ether oxygens (including phenoxy) is 2. The van der Waals surface area contributed by atoms with Crippen LogP contribution in [-0.2, 0) is 23.4 Å². The van der Waals surface area contributed by atoms with E-state index in [0.717, 1.165) is 13.1 Å². The molecule has 7 atom stereocenters. The van der Waals surface area contributed by atoms with E-state index in [-0.39, 0.29) is 5.75 Å². The van der Waals surface area contributed by atoms with Crippen molar-refractivity contribution in [3.8, 4) is 5.75 Å². The van der Waals surface area contributed by atoms with Crippen LogP contribution < -0.4 is 20.9 Å². The summed E-state index contributed by atoms with van der Waals surface area (Å²) in [6, 6.07) is 5.93. The molecule has 1 fully saturated rings. The van der Waals surface area contributed by atoms with Crippen molar-refractivity contribution in [1.29, 1.82) is 0 Å². The Labute approximate surface area is 209 Å². The summed E-state index contributed by atoms with van der Waals surface area (Å²) in [5.41, 5.74) is -4.23. The predicted molar refractivity (Wildman–Crippen MR) is 126 cm³/mol. The first kappa shape index (κ1) is 24.9. The maximum absolute atomic E-state index is 13.7. The van der Waals surface area contributed by atoms with Crippen molar-refractivity contribution in [1.82, 2.24) is 14.6 Å². The molecule has 1 aliphatic heterocycles. The van der Waals surface area contributed by atoms with E-state index in [9.17, 15) is 29.2 Å². The van der Waals surface area contributed by atoms with Gasteiger partial charge in [-0.25, -0.2) is 9.36 Å². The van der Waals surface area contributed by atoms with Gasteiger partial charge in [0.05, 0.1) is 15.4 Å². The van der Waals surface area contributed by atoms with Gasteiger partial charge in [-0.1, -0.05) is 18.2 Å². The Morgan fingerprint density at radius 1 is 1.36 bits per heavy atom. The van der Waals surface area contributed by atoms with Crippen molar-refractivity contribution < 1.29 is 40.8 Å². The van der Waals surface area contributed by atoms with E-state index in [1.54, 1.807) is 32.0 Å². The van der Waals surface area contributed by atoms with Gasteiger partial charge in [0.15, 0.2) is 6.23 Å². The van der Waals surface area contributed by atoms with Crippen molar-refractivity contribution in [3.05, 3.63) is 63.4 Å². The number of nitrogens with one attached hydrogen (secondary N) is 2. The summed E-state index contributed by atoms with van der Waals surface area (Å²) in [5.74, 6) is -0.703. The Balaban J connectivity index is 1.88. The zero-order valence-electron chi connectivity index (χ0n) is 22.0. The van der Waals surface area contributed by atoms with Gasteiger partial charge in [0.1, 0.15) is 29.6 Å². The number of para-hydroxylation sites is 1. The molecule has 0 amide bonds. The van der Waals surface area contributed by atoms with Crippen molar-refractivity contribution in [3.63, 3.8) is 0 Å². The first-order valence-corrected chi connectivity index (χ1v) is 12.5. The number of H-pyrrole nitrogens is 1. The normalized spacial score (nSPS) is 28.0. The number of esters is 1. The number of carbonyl (C=O) groups is 1. The molecule has 4 N–H and O–H groups in total. The molecule has 14 heteroatoms. The lowest BCUT2D eigenvalue weighted by Crippen LogP contribution is -2.47. The summed E-state index contributed by atoms with van der Waals surface area (Å²) in [6.07, 6.45) is -4.88. The van der Waals surface area contributed by atoms with E-state index in [2.05, 4.69) is 5.09 Å². The molecule has 0 saturated carbocycles. The Kier molecular flexibility index (Phi) is 7.65. The molecule has 3 rings (SSSR count). The zero-order valence-corrected chi connectivity index (χ0v) is 20.9. The third-order valence-electron chi connectivity index (χ3n) is 5.10. The molecule has 1 unspecified atom stereocenters. The van der Waals surface area contributed by atoms with E-state index in [4.69, 9.17) is 21.3 Å². The molecule has 13 nitrogen and oxygen atoms in total. The van der Waals surface area contributed by atoms with Gasteiger partial charge in [-0.15, -0.1) is 0 Å². The highest BCUT2D eigenvalue weighted by atomic mass is 31.2. The molecule has 198 valence electrons. The number of carbonyl (C=O) groups excluding carboxylic acids is 1. The molecule has 1 aromatic heterocycles. The van der Waals surface area contributed by atoms with Crippen molar-refractivity contribution in [2.24, 2.45) is 0 Å². The third kappa shape index (κ3) is 6.49. The number of nitrogens with zero attached hydrogens (tertiary/aromatic N) is 1. The SMILES string of the molecule is [2H]c1cn([C@@H]2O[C@H]([C@@H]([2H])OP(=O)(N[C@@H](C)C(=O)OC(C)C)Oc3ccccc3)[C@@H](O)[C@@]2(C)O)c(=O)[nH]c1=O. The smallest absolute Gasteiger partial charge is 0.459 e. The maximum atomic E-state index is 13.7. The van der Waals surface area contributed by atoms with Crippen LogP contribution in [0.2, 0.25) is 0 Å². The second kappa shape index (κ2) is 11.1. The van der Waals surface area contributed by atoms with Crippen LogP contribution in [0, 0.1) is 0 Å². The molecule has 36 heavy (non-hydrogen) atoms. The standard InChI is InChI=1S/C22H30N3O10P/c1-13(2)33-19(28)14(3)24-36(31,35-15-8-6-5-7-9-15)32-12-16-18(27)22(4,30)20(34-16)25-11-10-17(26)23-21(25)29/h5-11,13-14,16,18,20,27,30H,12H2,1-4H3,(H,24,31)(H,23,26,29)/t14-,16+,18+,20+,22+,36?/m0/s1/i10D,12D/t12-,14+,16-,18-,20-,22-,36?/m1. The molecule has 0 radical (unpaired) electrons. The van der Waals surface area contributed by atoms with E-state index < -0.39 is 73.8 Å². The molecule has 0 bridgehead atoms. The van der Waals surface area contributed by atoms with Gasteiger partial charge >= 0.3 is 19.4 Å².